The highest BCUT2D eigenvalue weighted by Crippen LogP contribution is 2.19. The summed E-state index contributed by atoms with van der Waals surface area (Å²) in [5, 5.41) is 6.67. The standard InChI is InChI=1S/C19H18FN3O3/c1-25-16-8-4-14(5-9-16)19-22-18(26-23-19)12-17(24)21-11-10-13-2-6-15(20)7-3-13/h2-9H,10-12H2,1H3,(H,21,24). The Morgan fingerprint density at radius 1 is 1.15 bits per heavy atom. The Kier molecular flexibility index (Phi) is 5.58. The molecule has 0 saturated carbocycles. The lowest BCUT2D eigenvalue weighted by atomic mass is 10.1. The number of amides is 1. The number of methoxy groups -OCH3 is 1. The van der Waals surface area contributed by atoms with E-state index in [1.165, 1.54) is 12.1 Å². The van der Waals surface area contributed by atoms with Crippen molar-refractivity contribution in [3.8, 4) is 17.1 Å². The highest BCUT2D eigenvalue weighted by Gasteiger charge is 2.12. The molecule has 0 saturated heterocycles. The Morgan fingerprint density at radius 2 is 1.88 bits per heavy atom. The molecule has 1 N–H and O–H groups in total. The van der Waals surface area contributed by atoms with Gasteiger partial charge in [-0.05, 0) is 48.4 Å². The Hall–Kier alpha value is -3.22. The first-order valence-corrected chi connectivity index (χ1v) is 8.12. The molecule has 0 unspecified atom stereocenters. The van der Waals surface area contributed by atoms with Gasteiger partial charge in [-0.25, -0.2) is 4.39 Å². The predicted octanol–water partition coefficient (Wildman–Crippen LogP) is 2.79. The highest BCUT2D eigenvalue weighted by molar-refractivity contribution is 5.77. The molecule has 26 heavy (non-hydrogen) atoms. The number of carbonyl (C=O) groups excluding carboxylic acids is 1. The molecule has 0 spiro atoms. The molecule has 0 aliphatic rings. The van der Waals surface area contributed by atoms with Crippen molar-refractivity contribution < 1.29 is 18.4 Å². The average molecular weight is 355 g/mol. The van der Waals surface area contributed by atoms with Crippen LogP contribution in [0.3, 0.4) is 0 Å². The Labute approximate surface area is 150 Å². The van der Waals surface area contributed by atoms with E-state index in [4.69, 9.17) is 9.26 Å². The van der Waals surface area contributed by atoms with Crippen LogP contribution in [0.15, 0.2) is 53.1 Å². The number of hydrogen-bond donors (Lipinski definition) is 1. The molecule has 3 aromatic rings. The predicted molar refractivity (Wildman–Crippen MR) is 93.1 cm³/mol. The molecule has 0 bridgehead atoms. The van der Waals surface area contributed by atoms with Gasteiger partial charge < -0.3 is 14.6 Å². The number of ether oxygens (including phenoxy) is 1. The molecule has 3 rings (SSSR count). The van der Waals surface area contributed by atoms with Gasteiger partial charge in [0.25, 0.3) is 0 Å². The lowest BCUT2D eigenvalue weighted by Gasteiger charge is -2.03. The molecule has 6 nitrogen and oxygen atoms in total. The summed E-state index contributed by atoms with van der Waals surface area (Å²) < 4.78 is 23.1. The molecule has 1 heterocycles. The number of hydrogen-bond acceptors (Lipinski definition) is 5. The minimum absolute atomic E-state index is 0.00652. The maximum atomic E-state index is 12.8. The summed E-state index contributed by atoms with van der Waals surface area (Å²) in [5.41, 5.74) is 1.73. The maximum absolute atomic E-state index is 12.8. The molecule has 0 aliphatic heterocycles. The average Bonchev–Trinajstić information content (AvgIpc) is 3.12. The third kappa shape index (κ3) is 4.66. The summed E-state index contributed by atoms with van der Waals surface area (Å²) in [6.07, 6.45) is 0.625. The third-order valence-corrected chi connectivity index (χ3v) is 3.78. The first-order chi connectivity index (χ1) is 12.6. The number of halogens is 1. The summed E-state index contributed by atoms with van der Waals surface area (Å²) in [6.45, 7) is 0.448. The van der Waals surface area contributed by atoms with Gasteiger partial charge in [0.05, 0.1) is 7.11 Å². The largest absolute Gasteiger partial charge is 0.497 e. The zero-order valence-electron chi connectivity index (χ0n) is 14.2. The number of nitrogens with zero attached hydrogens (tertiary/aromatic N) is 2. The summed E-state index contributed by atoms with van der Waals surface area (Å²) in [4.78, 5) is 16.2. The van der Waals surface area contributed by atoms with Crippen LogP contribution in [0.2, 0.25) is 0 Å². The van der Waals surface area contributed by atoms with Crippen molar-refractivity contribution in [2.45, 2.75) is 12.8 Å². The molecule has 0 fully saturated rings. The molecule has 0 radical (unpaired) electrons. The van der Waals surface area contributed by atoms with Crippen molar-refractivity contribution in [1.29, 1.82) is 0 Å². The zero-order valence-corrected chi connectivity index (χ0v) is 14.2. The monoisotopic (exact) mass is 355 g/mol. The van der Waals surface area contributed by atoms with Crippen LogP contribution < -0.4 is 10.1 Å². The van der Waals surface area contributed by atoms with E-state index in [1.54, 1.807) is 31.4 Å². The normalized spacial score (nSPS) is 10.5. The SMILES string of the molecule is COc1ccc(-c2noc(CC(=O)NCCc3ccc(F)cc3)n2)cc1. The zero-order chi connectivity index (χ0) is 18.4. The number of carbonyl (C=O) groups is 1. The third-order valence-electron chi connectivity index (χ3n) is 3.78. The second-order valence-corrected chi connectivity index (χ2v) is 5.64. The minimum Gasteiger partial charge on any atom is -0.497 e. The molecule has 2 aromatic carbocycles. The van der Waals surface area contributed by atoms with E-state index in [-0.39, 0.29) is 24.0 Å². The van der Waals surface area contributed by atoms with Crippen LogP contribution in [-0.2, 0) is 17.6 Å². The number of nitrogens with one attached hydrogen (secondary N) is 1. The van der Waals surface area contributed by atoms with Crippen molar-refractivity contribution >= 4 is 5.91 Å². The van der Waals surface area contributed by atoms with Crippen LogP contribution in [0.5, 0.6) is 5.75 Å². The van der Waals surface area contributed by atoms with Crippen molar-refractivity contribution in [3.05, 3.63) is 65.8 Å². The Balaban J connectivity index is 1.50. The van der Waals surface area contributed by atoms with Gasteiger partial charge in [0.15, 0.2) is 0 Å². The quantitative estimate of drug-likeness (QED) is 0.705. The van der Waals surface area contributed by atoms with Crippen molar-refractivity contribution in [3.63, 3.8) is 0 Å². The van der Waals surface area contributed by atoms with Crippen LogP contribution in [0, 0.1) is 5.82 Å². The van der Waals surface area contributed by atoms with Gasteiger partial charge in [0.2, 0.25) is 17.6 Å². The first kappa shape index (κ1) is 17.6. The first-order valence-electron chi connectivity index (χ1n) is 8.12. The fourth-order valence-electron chi connectivity index (χ4n) is 2.38. The molecular formula is C19H18FN3O3. The van der Waals surface area contributed by atoms with Crippen LogP contribution in [0.25, 0.3) is 11.4 Å². The topological polar surface area (TPSA) is 77.2 Å². The van der Waals surface area contributed by atoms with E-state index in [9.17, 15) is 9.18 Å². The molecule has 1 amide bonds. The van der Waals surface area contributed by atoms with Gasteiger partial charge in [-0.15, -0.1) is 0 Å². The van der Waals surface area contributed by atoms with Gasteiger partial charge >= 0.3 is 0 Å². The lowest BCUT2D eigenvalue weighted by molar-refractivity contribution is -0.120. The number of benzene rings is 2. The second kappa shape index (κ2) is 8.24. The molecule has 0 aliphatic carbocycles. The Bertz CT molecular complexity index is 860. The van der Waals surface area contributed by atoms with Crippen LogP contribution in [0.1, 0.15) is 11.5 Å². The van der Waals surface area contributed by atoms with Crippen molar-refractivity contribution in [1.82, 2.24) is 15.5 Å². The molecule has 7 heteroatoms. The van der Waals surface area contributed by atoms with E-state index >= 15 is 0 Å². The lowest BCUT2D eigenvalue weighted by Crippen LogP contribution is -2.27. The fourth-order valence-corrected chi connectivity index (χ4v) is 2.38. The summed E-state index contributed by atoms with van der Waals surface area (Å²) in [5.74, 6) is 0.911. The van der Waals surface area contributed by atoms with E-state index < -0.39 is 0 Å². The summed E-state index contributed by atoms with van der Waals surface area (Å²) in [7, 11) is 1.59. The fraction of sp³-hybridized carbons (Fsp3) is 0.211. The van der Waals surface area contributed by atoms with Gasteiger partial charge in [0.1, 0.15) is 18.0 Å². The molecule has 134 valence electrons. The number of rotatable bonds is 7. The van der Waals surface area contributed by atoms with Crippen LogP contribution in [-0.4, -0.2) is 29.7 Å². The van der Waals surface area contributed by atoms with Crippen LogP contribution >= 0.6 is 0 Å². The Morgan fingerprint density at radius 3 is 2.58 bits per heavy atom. The van der Waals surface area contributed by atoms with Crippen LogP contribution in [0.4, 0.5) is 4.39 Å². The van der Waals surface area contributed by atoms with Crippen molar-refractivity contribution in [2.24, 2.45) is 0 Å². The second-order valence-electron chi connectivity index (χ2n) is 5.64. The van der Waals surface area contributed by atoms with E-state index in [1.807, 2.05) is 12.1 Å². The highest BCUT2D eigenvalue weighted by atomic mass is 19.1. The van der Waals surface area contributed by atoms with Gasteiger partial charge in [-0.2, -0.15) is 4.98 Å². The summed E-state index contributed by atoms with van der Waals surface area (Å²) in [6, 6.07) is 13.4. The maximum Gasteiger partial charge on any atom is 0.236 e. The number of aromatic nitrogens is 2. The van der Waals surface area contributed by atoms with Gasteiger partial charge in [0, 0.05) is 12.1 Å². The van der Waals surface area contributed by atoms with E-state index in [2.05, 4.69) is 15.5 Å². The van der Waals surface area contributed by atoms with Crippen molar-refractivity contribution in [2.75, 3.05) is 13.7 Å². The minimum atomic E-state index is -0.276. The molecule has 1 aromatic heterocycles. The van der Waals surface area contributed by atoms with Gasteiger partial charge in [-0.3, -0.25) is 4.79 Å². The van der Waals surface area contributed by atoms with E-state index in [0.717, 1.165) is 16.9 Å². The van der Waals surface area contributed by atoms with E-state index in [0.29, 0.717) is 18.8 Å². The smallest absolute Gasteiger partial charge is 0.236 e. The molecule has 0 atom stereocenters. The van der Waals surface area contributed by atoms with Gasteiger partial charge in [-0.1, -0.05) is 17.3 Å². The molecular weight excluding hydrogens is 337 g/mol. The summed E-state index contributed by atoms with van der Waals surface area (Å²) >= 11 is 0.